The molecule has 0 saturated heterocycles. The van der Waals surface area contributed by atoms with E-state index in [0.29, 0.717) is 37.3 Å². The third kappa shape index (κ3) is 5.52. The molecule has 9 heteroatoms. The third-order valence-corrected chi connectivity index (χ3v) is 4.23. The van der Waals surface area contributed by atoms with Crippen molar-refractivity contribution in [1.29, 1.82) is 0 Å². The second-order valence-corrected chi connectivity index (χ2v) is 6.59. The molecule has 0 bridgehead atoms. The molecule has 6 nitrogen and oxygen atoms in total. The lowest BCUT2D eigenvalue weighted by Crippen LogP contribution is -2.24. The van der Waals surface area contributed by atoms with Gasteiger partial charge < -0.3 is 14.2 Å². The van der Waals surface area contributed by atoms with Crippen molar-refractivity contribution in [3.63, 3.8) is 0 Å². The van der Waals surface area contributed by atoms with E-state index in [1.54, 1.807) is 31.4 Å². The molecule has 26 heavy (non-hydrogen) atoms. The largest absolute Gasteiger partial charge is 0.493 e. The quantitative estimate of drug-likeness (QED) is 0.493. The first kappa shape index (κ1) is 20.4. The summed E-state index contributed by atoms with van der Waals surface area (Å²) in [4.78, 5) is 11.8. The molecular formula is C17H15BrCl2N2O4. The molecule has 138 valence electrons. The van der Waals surface area contributed by atoms with Gasteiger partial charge in [0.25, 0.3) is 5.91 Å². The van der Waals surface area contributed by atoms with Crippen LogP contribution in [0.2, 0.25) is 10.0 Å². The summed E-state index contributed by atoms with van der Waals surface area (Å²) < 4.78 is 16.5. The second kappa shape index (κ2) is 9.66. The molecule has 2 aromatic carbocycles. The zero-order valence-electron chi connectivity index (χ0n) is 13.9. The molecule has 1 amide bonds. The highest BCUT2D eigenvalue weighted by Gasteiger charge is 2.10. The van der Waals surface area contributed by atoms with Crippen molar-refractivity contribution in [3.05, 3.63) is 50.4 Å². The summed E-state index contributed by atoms with van der Waals surface area (Å²) in [5.41, 5.74) is 3.07. The fraction of sp³-hybridized carbons (Fsp3) is 0.176. The Hall–Kier alpha value is -1.96. The third-order valence-electron chi connectivity index (χ3n) is 3.11. The van der Waals surface area contributed by atoms with E-state index in [9.17, 15) is 4.79 Å². The summed E-state index contributed by atoms with van der Waals surface area (Å²) in [6, 6.07) is 8.24. The molecule has 0 saturated carbocycles. The van der Waals surface area contributed by atoms with Gasteiger partial charge in [0.2, 0.25) is 0 Å². The normalized spacial score (nSPS) is 10.7. The maximum Gasteiger partial charge on any atom is 0.277 e. The van der Waals surface area contributed by atoms with Crippen LogP contribution in [0.3, 0.4) is 0 Å². The summed E-state index contributed by atoms with van der Waals surface area (Å²) in [7, 11) is 3.08. The van der Waals surface area contributed by atoms with Crippen LogP contribution in [0, 0.1) is 0 Å². The van der Waals surface area contributed by atoms with Crippen molar-refractivity contribution >= 4 is 51.3 Å². The van der Waals surface area contributed by atoms with Gasteiger partial charge in [-0.1, -0.05) is 23.2 Å². The Morgan fingerprint density at radius 1 is 1.19 bits per heavy atom. The van der Waals surface area contributed by atoms with Gasteiger partial charge in [0.05, 0.1) is 29.9 Å². The van der Waals surface area contributed by atoms with Gasteiger partial charge in [0, 0.05) is 5.02 Å². The molecule has 2 rings (SSSR count). The van der Waals surface area contributed by atoms with Gasteiger partial charge in [-0.15, -0.1) is 0 Å². The van der Waals surface area contributed by atoms with Gasteiger partial charge in [-0.05, 0) is 51.8 Å². The number of rotatable bonds is 7. The predicted octanol–water partition coefficient (Wildman–Crippen LogP) is 4.30. The van der Waals surface area contributed by atoms with E-state index in [2.05, 4.69) is 26.5 Å². The van der Waals surface area contributed by atoms with Crippen LogP contribution in [0.25, 0.3) is 0 Å². The minimum Gasteiger partial charge on any atom is -0.493 e. The van der Waals surface area contributed by atoms with E-state index in [1.807, 2.05) is 0 Å². The molecule has 2 aromatic rings. The summed E-state index contributed by atoms with van der Waals surface area (Å²) in [5.74, 6) is 1.03. The van der Waals surface area contributed by atoms with Crippen molar-refractivity contribution in [2.45, 2.75) is 0 Å². The smallest absolute Gasteiger partial charge is 0.277 e. The first-order valence-corrected chi connectivity index (χ1v) is 8.80. The number of hydrogen-bond donors (Lipinski definition) is 1. The highest BCUT2D eigenvalue weighted by molar-refractivity contribution is 9.10. The average Bonchev–Trinajstić information content (AvgIpc) is 2.60. The SMILES string of the molecule is COc1cc(/C=N/NC(=O)COc2ccc(Cl)cc2Cl)cc(Br)c1OC. The second-order valence-electron chi connectivity index (χ2n) is 4.89. The van der Waals surface area contributed by atoms with Gasteiger partial charge in [-0.2, -0.15) is 5.10 Å². The van der Waals surface area contributed by atoms with E-state index in [0.717, 1.165) is 0 Å². The van der Waals surface area contributed by atoms with Gasteiger partial charge in [0.1, 0.15) is 5.75 Å². The summed E-state index contributed by atoms with van der Waals surface area (Å²) in [6.07, 6.45) is 1.47. The number of methoxy groups -OCH3 is 2. The number of ether oxygens (including phenoxy) is 3. The number of benzene rings is 2. The average molecular weight is 462 g/mol. The number of amides is 1. The minimum absolute atomic E-state index is 0.242. The van der Waals surface area contributed by atoms with Crippen LogP contribution in [-0.2, 0) is 4.79 Å². The number of halogens is 3. The maximum absolute atomic E-state index is 11.8. The standard InChI is InChI=1S/C17H15BrCl2N2O4/c1-24-15-6-10(5-12(18)17(15)25-2)8-21-22-16(23)9-26-14-4-3-11(19)7-13(14)20/h3-8H,9H2,1-2H3,(H,22,23)/b21-8+. The number of nitrogens with one attached hydrogen (secondary N) is 1. The lowest BCUT2D eigenvalue weighted by molar-refractivity contribution is -0.123. The molecule has 0 fully saturated rings. The van der Waals surface area contributed by atoms with Crippen LogP contribution in [0.1, 0.15) is 5.56 Å². The summed E-state index contributed by atoms with van der Waals surface area (Å²) in [5, 5.41) is 4.69. The van der Waals surface area contributed by atoms with E-state index in [4.69, 9.17) is 37.4 Å². The van der Waals surface area contributed by atoms with E-state index in [-0.39, 0.29) is 6.61 Å². The molecule has 0 spiro atoms. The predicted molar refractivity (Wildman–Crippen MR) is 105 cm³/mol. The fourth-order valence-electron chi connectivity index (χ4n) is 1.96. The topological polar surface area (TPSA) is 69.2 Å². The first-order valence-electron chi connectivity index (χ1n) is 7.26. The van der Waals surface area contributed by atoms with Crippen molar-refractivity contribution < 1.29 is 19.0 Å². The van der Waals surface area contributed by atoms with Crippen LogP contribution in [0.5, 0.6) is 17.2 Å². The Morgan fingerprint density at radius 3 is 2.62 bits per heavy atom. The molecule has 0 unspecified atom stereocenters. The molecule has 0 heterocycles. The molecule has 0 aliphatic rings. The zero-order chi connectivity index (χ0) is 19.1. The molecule has 0 radical (unpaired) electrons. The summed E-state index contributed by atoms with van der Waals surface area (Å²) in [6.45, 7) is -0.242. The van der Waals surface area contributed by atoms with Gasteiger partial charge >= 0.3 is 0 Å². The summed E-state index contributed by atoms with van der Waals surface area (Å²) >= 11 is 15.2. The van der Waals surface area contributed by atoms with Crippen molar-refractivity contribution in [1.82, 2.24) is 5.43 Å². The fourth-order valence-corrected chi connectivity index (χ4v) is 3.04. The number of nitrogens with zero attached hydrogens (tertiary/aromatic N) is 1. The van der Waals surface area contributed by atoms with Crippen LogP contribution in [-0.4, -0.2) is 32.9 Å². The Morgan fingerprint density at radius 2 is 1.96 bits per heavy atom. The number of hydrogen-bond acceptors (Lipinski definition) is 5. The lowest BCUT2D eigenvalue weighted by Gasteiger charge is -2.10. The van der Waals surface area contributed by atoms with Gasteiger partial charge in [-0.25, -0.2) is 5.43 Å². The minimum atomic E-state index is -0.438. The van der Waals surface area contributed by atoms with E-state index >= 15 is 0 Å². The lowest BCUT2D eigenvalue weighted by atomic mass is 10.2. The van der Waals surface area contributed by atoms with Gasteiger partial charge in [-0.3, -0.25) is 4.79 Å². The van der Waals surface area contributed by atoms with Crippen molar-refractivity contribution in [3.8, 4) is 17.2 Å². The highest BCUT2D eigenvalue weighted by atomic mass is 79.9. The van der Waals surface area contributed by atoms with Crippen molar-refractivity contribution in [2.75, 3.05) is 20.8 Å². The Bertz CT molecular complexity index is 831. The van der Waals surface area contributed by atoms with Crippen LogP contribution in [0.4, 0.5) is 0 Å². The number of carbonyl (C=O) groups is 1. The molecule has 0 atom stereocenters. The number of hydrazone groups is 1. The molecule has 1 N–H and O–H groups in total. The monoisotopic (exact) mass is 460 g/mol. The van der Waals surface area contributed by atoms with Crippen LogP contribution in [0.15, 0.2) is 39.9 Å². The van der Waals surface area contributed by atoms with E-state index in [1.165, 1.54) is 19.4 Å². The molecule has 0 aliphatic heterocycles. The molecule has 0 aliphatic carbocycles. The first-order chi connectivity index (χ1) is 12.4. The van der Waals surface area contributed by atoms with Crippen LogP contribution < -0.4 is 19.6 Å². The van der Waals surface area contributed by atoms with E-state index < -0.39 is 5.91 Å². The highest BCUT2D eigenvalue weighted by Crippen LogP contribution is 2.35. The van der Waals surface area contributed by atoms with Crippen molar-refractivity contribution in [2.24, 2.45) is 5.10 Å². The molecular weight excluding hydrogens is 447 g/mol. The number of carbonyl (C=O) groups excluding carboxylic acids is 1. The van der Waals surface area contributed by atoms with Crippen LogP contribution >= 0.6 is 39.1 Å². The Kier molecular flexibility index (Phi) is 7.56. The molecule has 0 aromatic heterocycles. The Labute approximate surface area is 169 Å². The maximum atomic E-state index is 11.8. The zero-order valence-corrected chi connectivity index (χ0v) is 17.0. The Balaban J connectivity index is 1.93. The van der Waals surface area contributed by atoms with Gasteiger partial charge in [0.15, 0.2) is 18.1 Å².